The first-order chi connectivity index (χ1) is 9.72. The van der Waals surface area contributed by atoms with Gasteiger partial charge in [-0.3, -0.25) is 0 Å². The zero-order valence-electron chi connectivity index (χ0n) is 12.3. The highest BCUT2D eigenvalue weighted by molar-refractivity contribution is 5.47. The van der Waals surface area contributed by atoms with Crippen LogP contribution in [0, 0.1) is 6.92 Å². The first-order valence-corrected chi connectivity index (χ1v) is 7.31. The Kier molecular flexibility index (Phi) is 3.75. The minimum atomic E-state index is 0.955. The van der Waals surface area contributed by atoms with Gasteiger partial charge in [-0.25, -0.2) is 0 Å². The maximum absolute atomic E-state index is 3.45. The fourth-order valence-electron chi connectivity index (χ4n) is 2.80. The summed E-state index contributed by atoms with van der Waals surface area (Å²) in [6.07, 6.45) is 1.16. The van der Waals surface area contributed by atoms with Crippen LogP contribution in [-0.4, -0.2) is 13.6 Å². The van der Waals surface area contributed by atoms with E-state index in [0.29, 0.717) is 0 Å². The summed E-state index contributed by atoms with van der Waals surface area (Å²) in [5.74, 6) is 0. The van der Waals surface area contributed by atoms with E-state index in [1.54, 1.807) is 0 Å². The summed E-state index contributed by atoms with van der Waals surface area (Å²) in [4.78, 5) is 2.30. The van der Waals surface area contributed by atoms with Crippen LogP contribution in [0.25, 0.3) is 0 Å². The molecule has 0 fully saturated rings. The second-order valence-electron chi connectivity index (χ2n) is 5.72. The van der Waals surface area contributed by atoms with Crippen molar-refractivity contribution < 1.29 is 0 Å². The van der Waals surface area contributed by atoms with E-state index in [1.807, 2.05) is 0 Å². The number of aryl methyl sites for hydroxylation is 1. The summed E-state index contributed by atoms with van der Waals surface area (Å²) in [5, 5.41) is 3.45. The highest BCUT2D eigenvalue weighted by Crippen LogP contribution is 2.20. The fraction of sp³-hybridized carbons (Fsp3) is 0.333. The van der Waals surface area contributed by atoms with Crippen LogP contribution >= 0.6 is 0 Å². The largest absolute Gasteiger partial charge is 0.370 e. The zero-order valence-corrected chi connectivity index (χ0v) is 12.3. The monoisotopic (exact) mass is 266 g/mol. The van der Waals surface area contributed by atoms with Crippen LogP contribution in [0.5, 0.6) is 0 Å². The summed E-state index contributed by atoms with van der Waals surface area (Å²) in [6, 6.07) is 15.6. The maximum Gasteiger partial charge on any atom is 0.0426 e. The molecule has 0 saturated carbocycles. The zero-order chi connectivity index (χ0) is 13.9. The van der Waals surface area contributed by atoms with Crippen molar-refractivity contribution in [3.8, 4) is 0 Å². The summed E-state index contributed by atoms with van der Waals surface area (Å²) in [6.45, 7) is 5.20. The third kappa shape index (κ3) is 2.86. The molecule has 0 bridgehead atoms. The molecule has 1 N–H and O–H groups in total. The van der Waals surface area contributed by atoms with Gasteiger partial charge in [-0.05, 0) is 48.7 Å². The molecule has 0 aromatic heterocycles. The standard InChI is InChI=1S/C18H22N2/c1-14-3-7-18(8-4-14)20(2)13-15-5-6-16-9-10-19-12-17(16)11-15/h3-8,11,19H,9-10,12-13H2,1-2H3. The van der Waals surface area contributed by atoms with E-state index in [2.05, 4.69) is 66.7 Å². The van der Waals surface area contributed by atoms with Gasteiger partial charge in [-0.1, -0.05) is 35.9 Å². The topological polar surface area (TPSA) is 15.3 Å². The molecule has 3 rings (SSSR count). The molecule has 2 nitrogen and oxygen atoms in total. The molecule has 0 saturated heterocycles. The normalized spacial score (nSPS) is 13.9. The van der Waals surface area contributed by atoms with Crippen molar-refractivity contribution in [1.29, 1.82) is 0 Å². The lowest BCUT2D eigenvalue weighted by Gasteiger charge is -2.22. The predicted octanol–water partition coefficient (Wildman–Crippen LogP) is 3.28. The number of anilines is 1. The number of nitrogens with one attached hydrogen (secondary N) is 1. The number of hydrogen-bond donors (Lipinski definition) is 1. The molecule has 1 aliphatic rings. The van der Waals surface area contributed by atoms with Crippen LogP contribution in [0.3, 0.4) is 0 Å². The SMILES string of the molecule is Cc1ccc(N(C)Cc2ccc3c(c2)CNCC3)cc1. The lowest BCUT2D eigenvalue weighted by molar-refractivity contribution is 0.642. The molecule has 104 valence electrons. The van der Waals surface area contributed by atoms with E-state index in [0.717, 1.165) is 26.1 Å². The molecule has 2 aromatic rings. The summed E-state index contributed by atoms with van der Waals surface area (Å²) in [5.41, 5.74) is 6.93. The first kappa shape index (κ1) is 13.2. The van der Waals surface area contributed by atoms with Crippen molar-refractivity contribution in [3.05, 3.63) is 64.7 Å². The molecule has 0 radical (unpaired) electrons. The molecule has 0 amide bonds. The number of fused-ring (bicyclic) bond motifs is 1. The summed E-state index contributed by atoms with van der Waals surface area (Å²) >= 11 is 0. The molecule has 0 aliphatic carbocycles. The van der Waals surface area contributed by atoms with Crippen LogP contribution in [0.2, 0.25) is 0 Å². The van der Waals surface area contributed by atoms with E-state index in [4.69, 9.17) is 0 Å². The van der Waals surface area contributed by atoms with Crippen molar-refractivity contribution in [2.75, 3.05) is 18.5 Å². The Hall–Kier alpha value is -1.80. The number of hydrogen-bond acceptors (Lipinski definition) is 2. The number of benzene rings is 2. The predicted molar refractivity (Wildman–Crippen MR) is 85.1 cm³/mol. The van der Waals surface area contributed by atoms with E-state index in [1.165, 1.54) is 27.9 Å². The summed E-state index contributed by atoms with van der Waals surface area (Å²) < 4.78 is 0. The average Bonchev–Trinajstić information content (AvgIpc) is 2.48. The van der Waals surface area contributed by atoms with Gasteiger partial charge < -0.3 is 10.2 Å². The van der Waals surface area contributed by atoms with Gasteiger partial charge >= 0.3 is 0 Å². The molecule has 1 aliphatic heterocycles. The molecule has 0 atom stereocenters. The Balaban J connectivity index is 1.75. The Morgan fingerprint density at radius 1 is 1.05 bits per heavy atom. The summed E-state index contributed by atoms with van der Waals surface area (Å²) in [7, 11) is 2.16. The van der Waals surface area contributed by atoms with Crippen LogP contribution in [0.4, 0.5) is 5.69 Å². The maximum atomic E-state index is 3.45. The average molecular weight is 266 g/mol. The highest BCUT2D eigenvalue weighted by Gasteiger charge is 2.10. The van der Waals surface area contributed by atoms with Crippen molar-refractivity contribution in [1.82, 2.24) is 5.32 Å². The molecule has 1 heterocycles. The third-order valence-electron chi connectivity index (χ3n) is 4.05. The molecule has 20 heavy (non-hydrogen) atoms. The lowest BCUT2D eigenvalue weighted by Crippen LogP contribution is -2.24. The second-order valence-corrected chi connectivity index (χ2v) is 5.72. The molecular formula is C18H22N2. The molecular weight excluding hydrogens is 244 g/mol. The molecule has 2 aromatic carbocycles. The van der Waals surface area contributed by atoms with Crippen molar-refractivity contribution in [2.45, 2.75) is 26.4 Å². The van der Waals surface area contributed by atoms with Gasteiger partial charge in [0.1, 0.15) is 0 Å². The van der Waals surface area contributed by atoms with Crippen LogP contribution in [0.15, 0.2) is 42.5 Å². The van der Waals surface area contributed by atoms with E-state index >= 15 is 0 Å². The molecule has 0 unspecified atom stereocenters. The minimum Gasteiger partial charge on any atom is -0.370 e. The quantitative estimate of drug-likeness (QED) is 0.917. The van der Waals surface area contributed by atoms with Gasteiger partial charge in [0.15, 0.2) is 0 Å². The Morgan fingerprint density at radius 3 is 2.65 bits per heavy atom. The Bertz CT molecular complexity index is 587. The highest BCUT2D eigenvalue weighted by atomic mass is 15.1. The van der Waals surface area contributed by atoms with Crippen LogP contribution < -0.4 is 10.2 Å². The van der Waals surface area contributed by atoms with Gasteiger partial charge in [0, 0.05) is 25.8 Å². The van der Waals surface area contributed by atoms with Gasteiger partial charge in [-0.2, -0.15) is 0 Å². The van der Waals surface area contributed by atoms with Crippen molar-refractivity contribution in [3.63, 3.8) is 0 Å². The molecule has 2 heteroatoms. The van der Waals surface area contributed by atoms with Crippen LogP contribution in [-0.2, 0) is 19.5 Å². The van der Waals surface area contributed by atoms with E-state index in [-0.39, 0.29) is 0 Å². The minimum absolute atomic E-state index is 0.955. The number of rotatable bonds is 3. The van der Waals surface area contributed by atoms with Gasteiger partial charge in [-0.15, -0.1) is 0 Å². The van der Waals surface area contributed by atoms with Crippen molar-refractivity contribution >= 4 is 5.69 Å². The van der Waals surface area contributed by atoms with Gasteiger partial charge in [0.25, 0.3) is 0 Å². The van der Waals surface area contributed by atoms with Crippen LogP contribution in [0.1, 0.15) is 22.3 Å². The first-order valence-electron chi connectivity index (χ1n) is 7.31. The number of nitrogens with zero attached hydrogens (tertiary/aromatic N) is 1. The van der Waals surface area contributed by atoms with E-state index in [9.17, 15) is 0 Å². The smallest absolute Gasteiger partial charge is 0.0426 e. The van der Waals surface area contributed by atoms with E-state index < -0.39 is 0 Å². The Morgan fingerprint density at radius 2 is 1.85 bits per heavy atom. The fourth-order valence-corrected chi connectivity index (χ4v) is 2.80. The van der Waals surface area contributed by atoms with Gasteiger partial charge in [0.05, 0.1) is 0 Å². The van der Waals surface area contributed by atoms with Crippen molar-refractivity contribution in [2.24, 2.45) is 0 Å². The third-order valence-corrected chi connectivity index (χ3v) is 4.05. The van der Waals surface area contributed by atoms with Gasteiger partial charge in [0.2, 0.25) is 0 Å². The lowest BCUT2D eigenvalue weighted by atomic mass is 9.98. The Labute approximate surface area is 121 Å². The molecule has 0 spiro atoms. The second kappa shape index (κ2) is 5.68.